The largest absolute Gasteiger partial charge is 0.325 e. The Labute approximate surface area is 164 Å². The van der Waals surface area contributed by atoms with Crippen molar-refractivity contribution in [2.24, 2.45) is 0 Å². The molecule has 0 fully saturated rings. The first-order valence-electron chi connectivity index (χ1n) is 8.62. The van der Waals surface area contributed by atoms with E-state index < -0.39 is 0 Å². The van der Waals surface area contributed by atoms with Gasteiger partial charge in [-0.2, -0.15) is 0 Å². The van der Waals surface area contributed by atoms with Crippen LogP contribution in [0.1, 0.15) is 23.0 Å². The van der Waals surface area contributed by atoms with Crippen LogP contribution >= 0.6 is 11.3 Å². The molecule has 2 heterocycles. The molecule has 0 spiro atoms. The topological polar surface area (TPSA) is 63.5 Å². The number of hydrogen-bond acceptors (Lipinski definition) is 4. The molecule has 0 radical (unpaired) electrons. The predicted octanol–water partition coefficient (Wildman–Crippen LogP) is 4.59. The second-order valence-corrected chi connectivity index (χ2v) is 7.18. The van der Waals surface area contributed by atoms with E-state index >= 15 is 0 Å². The number of rotatable bonds is 5. The summed E-state index contributed by atoms with van der Waals surface area (Å²) in [5.41, 5.74) is 3.30. The number of ketones is 1. The fraction of sp³-hybridized carbons (Fsp3) is 0.0952. The summed E-state index contributed by atoms with van der Waals surface area (Å²) in [6, 6.07) is 13.1. The van der Waals surface area contributed by atoms with Gasteiger partial charge in [-0.3, -0.25) is 14.0 Å². The Kier molecular flexibility index (Phi) is 4.75. The molecule has 2 aromatic heterocycles. The molecule has 0 aliphatic carbocycles. The number of fused-ring (bicyclic) bond motifs is 1. The SMILES string of the molecule is CC(=O)c1ccccc1NC(=O)Cc1csc2nc(-c3ccc(F)cc3)cn12. The molecule has 4 rings (SSSR count). The Balaban J connectivity index is 1.56. The number of benzene rings is 2. The third kappa shape index (κ3) is 3.57. The number of Topliss-reactive ketones (excluding diaryl/α,β-unsaturated/α-hetero) is 1. The van der Waals surface area contributed by atoms with Gasteiger partial charge in [0, 0.05) is 28.4 Å². The van der Waals surface area contributed by atoms with Crippen molar-refractivity contribution in [3.63, 3.8) is 0 Å². The second-order valence-electron chi connectivity index (χ2n) is 6.34. The van der Waals surface area contributed by atoms with E-state index in [4.69, 9.17) is 0 Å². The summed E-state index contributed by atoms with van der Waals surface area (Å²) in [7, 11) is 0. The molecule has 2 aromatic carbocycles. The fourth-order valence-corrected chi connectivity index (χ4v) is 3.85. The molecule has 7 heteroatoms. The summed E-state index contributed by atoms with van der Waals surface area (Å²) in [5.74, 6) is -0.620. The first-order valence-corrected chi connectivity index (χ1v) is 9.50. The van der Waals surface area contributed by atoms with Crippen LogP contribution in [-0.2, 0) is 11.2 Å². The molecule has 0 aliphatic rings. The van der Waals surface area contributed by atoms with Crippen molar-refractivity contribution in [1.82, 2.24) is 9.38 Å². The number of imidazole rings is 1. The average Bonchev–Trinajstić information content (AvgIpc) is 3.24. The van der Waals surface area contributed by atoms with Gasteiger partial charge in [0.05, 0.1) is 17.8 Å². The zero-order valence-corrected chi connectivity index (χ0v) is 15.8. The number of amides is 1. The Morgan fingerprint density at radius 2 is 1.89 bits per heavy atom. The van der Waals surface area contributed by atoms with Gasteiger partial charge in [-0.15, -0.1) is 11.3 Å². The van der Waals surface area contributed by atoms with Gasteiger partial charge in [0.1, 0.15) is 5.82 Å². The Hall–Kier alpha value is -3.32. The summed E-state index contributed by atoms with van der Waals surface area (Å²) in [5, 5.41) is 4.69. The fourth-order valence-electron chi connectivity index (χ4n) is 2.97. The molecule has 5 nitrogen and oxygen atoms in total. The van der Waals surface area contributed by atoms with E-state index in [1.54, 1.807) is 36.4 Å². The van der Waals surface area contributed by atoms with Crippen LogP contribution in [0.25, 0.3) is 16.2 Å². The summed E-state index contributed by atoms with van der Waals surface area (Å²) in [6.07, 6.45) is 1.98. The van der Waals surface area contributed by atoms with Crippen molar-refractivity contribution in [2.75, 3.05) is 5.32 Å². The van der Waals surface area contributed by atoms with Crippen LogP contribution in [0.3, 0.4) is 0 Å². The van der Waals surface area contributed by atoms with Gasteiger partial charge in [-0.05, 0) is 43.3 Å². The molecule has 0 aliphatic heterocycles. The van der Waals surface area contributed by atoms with E-state index in [0.717, 1.165) is 21.9 Å². The van der Waals surface area contributed by atoms with Crippen molar-refractivity contribution >= 4 is 33.7 Å². The lowest BCUT2D eigenvalue weighted by Gasteiger charge is -2.08. The molecule has 0 saturated heterocycles. The van der Waals surface area contributed by atoms with Crippen molar-refractivity contribution in [1.29, 1.82) is 0 Å². The molecule has 0 bridgehead atoms. The second kappa shape index (κ2) is 7.36. The standard InChI is InChI=1S/C21H16FN3O2S/c1-13(26)17-4-2-3-5-18(17)23-20(27)10-16-12-28-21-24-19(11-25(16)21)14-6-8-15(22)9-7-14/h2-9,11-12H,10H2,1H3,(H,23,27). The number of halogens is 1. The molecule has 28 heavy (non-hydrogen) atoms. The predicted molar refractivity (Wildman–Crippen MR) is 107 cm³/mol. The maximum absolute atomic E-state index is 13.1. The normalized spacial score (nSPS) is 10.9. The number of aromatic nitrogens is 2. The Morgan fingerprint density at radius 1 is 1.14 bits per heavy atom. The van der Waals surface area contributed by atoms with Crippen LogP contribution in [0.5, 0.6) is 0 Å². The number of para-hydroxylation sites is 1. The zero-order chi connectivity index (χ0) is 19.7. The van der Waals surface area contributed by atoms with E-state index in [-0.39, 0.29) is 23.9 Å². The lowest BCUT2D eigenvalue weighted by Crippen LogP contribution is -2.17. The molecular weight excluding hydrogens is 377 g/mol. The number of carbonyl (C=O) groups excluding carboxylic acids is 2. The van der Waals surface area contributed by atoms with Gasteiger partial charge in [0.2, 0.25) is 5.91 Å². The first kappa shape index (κ1) is 18.1. The molecule has 1 amide bonds. The maximum atomic E-state index is 13.1. The van der Waals surface area contributed by atoms with Crippen molar-refractivity contribution < 1.29 is 14.0 Å². The maximum Gasteiger partial charge on any atom is 0.230 e. The van der Waals surface area contributed by atoms with Crippen LogP contribution in [0.2, 0.25) is 0 Å². The van der Waals surface area contributed by atoms with Gasteiger partial charge >= 0.3 is 0 Å². The van der Waals surface area contributed by atoms with Crippen LogP contribution in [0.4, 0.5) is 10.1 Å². The lowest BCUT2D eigenvalue weighted by atomic mass is 10.1. The van der Waals surface area contributed by atoms with Crippen molar-refractivity contribution in [3.05, 3.63) is 77.2 Å². The minimum atomic E-state index is -0.298. The number of anilines is 1. The van der Waals surface area contributed by atoms with Crippen LogP contribution in [0, 0.1) is 5.82 Å². The molecule has 0 unspecified atom stereocenters. The number of nitrogens with zero attached hydrogens (tertiary/aromatic N) is 2. The minimum absolute atomic E-state index is 0.104. The smallest absolute Gasteiger partial charge is 0.230 e. The molecule has 4 aromatic rings. The number of hydrogen-bond donors (Lipinski definition) is 1. The number of thiazole rings is 1. The minimum Gasteiger partial charge on any atom is -0.325 e. The van der Waals surface area contributed by atoms with Gasteiger partial charge < -0.3 is 5.32 Å². The van der Waals surface area contributed by atoms with E-state index in [1.165, 1.54) is 30.4 Å². The molecule has 0 saturated carbocycles. The van der Waals surface area contributed by atoms with Crippen LogP contribution < -0.4 is 5.32 Å². The quantitative estimate of drug-likeness (QED) is 0.505. The van der Waals surface area contributed by atoms with Gasteiger partial charge in [-0.1, -0.05) is 12.1 Å². The summed E-state index contributed by atoms with van der Waals surface area (Å²) >= 11 is 1.43. The van der Waals surface area contributed by atoms with Crippen LogP contribution in [0.15, 0.2) is 60.1 Å². The monoisotopic (exact) mass is 393 g/mol. The van der Waals surface area contributed by atoms with E-state index in [2.05, 4.69) is 10.3 Å². The van der Waals surface area contributed by atoms with E-state index in [0.29, 0.717) is 11.3 Å². The van der Waals surface area contributed by atoms with E-state index in [9.17, 15) is 14.0 Å². The summed E-state index contributed by atoms with van der Waals surface area (Å²) in [4.78, 5) is 29.5. The molecular formula is C21H16FN3O2S. The Bertz CT molecular complexity index is 1180. The van der Waals surface area contributed by atoms with Gasteiger partial charge in [0.15, 0.2) is 10.7 Å². The third-order valence-electron chi connectivity index (χ3n) is 4.35. The highest BCUT2D eigenvalue weighted by Crippen LogP contribution is 2.24. The molecule has 0 atom stereocenters. The number of carbonyl (C=O) groups is 2. The summed E-state index contributed by atoms with van der Waals surface area (Å²) < 4.78 is 15.0. The Morgan fingerprint density at radius 3 is 2.64 bits per heavy atom. The number of nitrogens with one attached hydrogen (secondary N) is 1. The highest BCUT2D eigenvalue weighted by atomic mass is 32.1. The summed E-state index contributed by atoms with van der Waals surface area (Å²) in [6.45, 7) is 1.47. The first-order chi connectivity index (χ1) is 13.5. The zero-order valence-electron chi connectivity index (χ0n) is 15.0. The average molecular weight is 393 g/mol. The highest BCUT2D eigenvalue weighted by Gasteiger charge is 2.14. The van der Waals surface area contributed by atoms with Crippen molar-refractivity contribution in [2.45, 2.75) is 13.3 Å². The molecule has 140 valence electrons. The van der Waals surface area contributed by atoms with Crippen LogP contribution in [-0.4, -0.2) is 21.1 Å². The van der Waals surface area contributed by atoms with Crippen molar-refractivity contribution in [3.8, 4) is 11.3 Å². The lowest BCUT2D eigenvalue weighted by molar-refractivity contribution is -0.115. The van der Waals surface area contributed by atoms with E-state index in [1.807, 2.05) is 16.0 Å². The third-order valence-corrected chi connectivity index (χ3v) is 5.23. The molecule has 1 N–H and O–H groups in total. The highest BCUT2D eigenvalue weighted by molar-refractivity contribution is 7.15. The van der Waals surface area contributed by atoms with Gasteiger partial charge in [0.25, 0.3) is 0 Å². The van der Waals surface area contributed by atoms with Gasteiger partial charge in [-0.25, -0.2) is 9.37 Å².